The van der Waals surface area contributed by atoms with Gasteiger partial charge in [-0.25, -0.2) is 4.79 Å². The molecule has 0 bridgehead atoms. The van der Waals surface area contributed by atoms with Crippen molar-refractivity contribution in [2.45, 2.75) is 45.6 Å². The van der Waals surface area contributed by atoms with Gasteiger partial charge >= 0.3 is 12.1 Å². The second-order valence-electron chi connectivity index (χ2n) is 6.48. The Morgan fingerprint density at radius 2 is 1.75 bits per heavy atom. The molecule has 1 amide bonds. The third kappa shape index (κ3) is 9.02. The molecule has 1 aromatic rings. The standard InChI is InChI=1S/C18H28N2O4/c1-18(2,3)24-17(22)20-13-12-19-15-10-8-14(9-11-15)6-5-7-16(21)23-4/h8-11,19H,5-7,12-13H2,1-4H3,(H,20,22). The van der Waals surface area contributed by atoms with Crippen LogP contribution >= 0.6 is 0 Å². The topological polar surface area (TPSA) is 76.7 Å². The fourth-order valence-electron chi connectivity index (χ4n) is 2.01. The first kappa shape index (κ1) is 19.8. The normalized spacial score (nSPS) is 10.8. The summed E-state index contributed by atoms with van der Waals surface area (Å²) in [7, 11) is 1.40. The first-order valence-electron chi connectivity index (χ1n) is 8.16. The minimum Gasteiger partial charge on any atom is -0.469 e. The highest BCUT2D eigenvalue weighted by Gasteiger charge is 2.15. The van der Waals surface area contributed by atoms with E-state index >= 15 is 0 Å². The lowest BCUT2D eigenvalue weighted by Gasteiger charge is -2.19. The third-order valence-corrected chi connectivity index (χ3v) is 3.15. The molecule has 0 aliphatic rings. The lowest BCUT2D eigenvalue weighted by Crippen LogP contribution is -2.34. The van der Waals surface area contributed by atoms with E-state index in [-0.39, 0.29) is 5.97 Å². The molecule has 0 radical (unpaired) electrons. The average Bonchev–Trinajstić information content (AvgIpc) is 2.51. The summed E-state index contributed by atoms with van der Waals surface area (Å²) in [5.41, 5.74) is 1.68. The van der Waals surface area contributed by atoms with E-state index in [1.54, 1.807) is 0 Å². The Hall–Kier alpha value is -2.24. The fraction of sp³-hybridized carbons (Fsp3) is 0.556. The Labute approximate surface area is 143 Å². The van der Waals surface area contributed by atoms with Gasteiger partial charge in [0.25, 0.3) is 0 Å². The van der Waals surface area contributed by atoms with Gasteiger partial charge in [-0.3, -0.25) is 4.79 Å². The molecular formula is C18H28N2O4. The maximum absolute atomic E-state index is 11.5. The van der Waals surface area contributed by atoms with E-state index in [2.05, 4.69) is 15.4 Å². The van der Waals surface area contributed by atoms with Gasteiger partial charge in [0, 0.05) is 25.2 Å². The van der Waals surface area contributed by atoms with Gasteiger partial charge in [0.15, 0.2) is 0 Å². The first-order chi connectivity index (χ1) is 11.3. The molecule has 0 unspecified atom stereocenters. The molecule has 1 aromatic carbocycles. The summed E-state index contributed by atoms with van der Waals surface area (Å²) in [4.78, 5) is 22.5. The first-order valence-corrected chi connectivity index (χ1v) is 8.16. The summed E-state index contributed by atoms with van der Waals surface area (Å²) < 4.78 is 9.78. The zero-order valence-corrected chi connectivity index (χ0v) is 15.0. The van der Waals surface area contributed by atoms with Gasteiger partial charge in [-0.1, -0.05) is 12.1 Å². The number of amides is 1. The average molecular weight is 336 g/mol. The molecule has 6 heteroatoms. The number of anilines is 1. The van der Waals surface area contributed by atoms with Crippen LogP contribution < -0.4 is 10.6 Å². The molecule has 0 aromatic heterocycles. The van der Waals surface area contributed by atoms with Crippen LogP contribution in [-0.2, 0) is 20.7 Å². The Balaban J connectivity index is 2.22. The maximum Gasteiger partial charge on any atom is 0.407 e. The van der Waals surface area contributed by atoms with E-state index in [1.807, 2.05) is 45.0 Å². The van der Waals surface area contributed by atoms with E-state index in [4.69, 9.17) is 4.74 Å². The number of methoxy groups -OCH3 is 1. The van der Waals surface area contributed by atoms with E-state index in [1.165, 1.54) is 12.7 Å². The lowest BCUT2D eigenvalue weighted by atomic mass is 10.1. The lowest BCUT2D eigenvalue weighted by molar-refractivity contribution is -0.140. The van der Waals surface area contributed by atoms with Crippen LogP contribution in [0.25, 0.3) is 0 Å². The minimum absolute atomic E-state index is 0.175. The maximum atomic E-state index is 11.5. The quantitative estimate of drug-likeness (QED) is 0.563. The van der Waals surface area contributed by atoms with Crippen LogP contribution in [-0.4, -0.2) is 37.9 Å². The molecule has 1 rings (SSSR count). The van der Waals surface area contributed by atoms with Crippen molar-refractivity contribution >= 4 is 17.7 Å². The van der Waals surface area contributed by atoms with E-state index in [9.17, 15) is 9.59 Å². The molecule has 24 heavy (non-hydrogen) atoms. The van der Waals surface area contributed by atoms with Crippen molar-refractivity contribution < 1.29 is 19.1 Å². The van der Waals surface area contributed by atoms with E-state index < -0.39 is 11.7 Å². The number of benzene rings is 1. The number of alkyl carbamates (subject to hydrolysis) is 1. The van der Waals surface area contributed by atoms with Crippen molar-refractivity contribution in [1.82, 2.24) is 5.32 Å². The number of hydrogen-bond acceptors (Lipinski definition) is 5. The minimum atomic E-state index is -0.485. The highest BCUT2D eigenvalue weighted by Crippen LogP contribution is 2.12. The van der Waals surface area contributed by atoms with Crippen LogP contribution in [0.1, 0.15) is 39.2 Å². The van der Waals surface area contributed by atoms with Gasteiger partial charge in [-0.2, -0.15) is 0 Å². The number of nitrogens with one attached hydrogen (secondary N) is 2. The van der Waals surface area contributed by atoms with E-state index in [0.29, 0.717) is 19.5 Å². The van der Waals surface area contributed by atoms with Crippen LogP contribution in [0.2, 0.25) is 0 Å². The van der Waals surface area contributed by atoms with Crippen molar-refractivity contribution in [3.05, 3.63) is 29.8 Å². The zero-order chi connectivity index (χ0) is 18.0. The zero-order valence-electron chi connectivity index (χ0n) is 15.0. The summed E-state index contributed by atoms with van der Waals surface area (Å²) in [6.45, 7) is 6.59. The Morgan fingerprint density at radius 3 is 2.33 bits per heavy atom. The second kappa shape index (κ2) is 9.80. The number of carbonyl (C=O) groups is 2. The van der Waals surface area contributed by atoms with Crippen LogP contribution in [0.3, 0.4) is 0 Å². The smallest absolute Gasteiger partial charge is 0.407 e. The van der Waals surface area contributed by atoms with Crippen molar-refractivity contribution in [2.24, 2.45) is 0 Å². The predicted octanol–water partition coefficient (Wildman–Crippen LogP) is 3.12. The predicted molar refractivity (Wildman–Crippen MR) is 94.1 cm³/mol. The highest BCUT2D eigenvalue weighted by molar-refractivity contribution is 5.69. The molecule has 0 heterocycles. The van der Waals surface area contributed by atoms with Crippen molar-refractivity contribution in [3.63, 3.8) is 0 Å². The SMILES string of the molecule is COC(=O)CCCc1ccc(NCCNC(=O)OC(C)(C)C)cc1. The molecule has 0 spiro atoms. The van der Waals surface area contributed by atoms with Gasteiger partial charge in [0.05, 0.1) is 7.11 Å². The molecule has 0 saturated heterocycles. The van der Waals surface area contributed by atoms with Crippen molar-refractivity contribution in [1.29, 1.82) is 0 Å². The largest absolute Gasteiger partial charge is 0.469 e. The Kier molecular flexibility index (Phi) is 8.09. The molecule has 0 fully saturated rings. The van der Waals surface area contributed by atoms with Gasteiger partial charge in [0.2, 0.25) is 0 Å². The number of aryl methyl sites for hydroxylation is 1. The summed E-state index contributed by atoms with van der Waals surface area (Å²) >= 11 is 0. The monoisotopic (exact) mass is 336 g/mol. The van der Waals surface area contributed by atoms with Crippen molar-refractivity contribution in [3.8, 4) is 0 Å². The van der Waals surface area contributed by atoms with Crippen LogP contribution in [0.15, 0.2) is 24.3 Å². The molecule has 6 nitrogen and oxygen atoms in total. The highest BCUT2D eigenvalue weighted by atomic mass is 16.6. The summed E-state index contributed by atoms with van der Waals surface area (Å²) in [5, 5.41) is 5.93. The van der Waals surface area contributed by atoms with Crippen LogP contribution in [0.4, 0.5) is 10.5 Å². The third-order valence-electron chi connectivity index (χ3n) is 3.15. The number of esters is 1. The molecular weight excluding hydrogens is 308 g/mol. The molecule has 0 aliphatic carbocycles. The molecule has 0 atom stereocenters. The van der Waals surface area contributed by atoms with Crippen LogP contribution in [0, 0.1) is 0 Å². The summed E-state index contributed by atoms with van der Waals surface area (Å²) in [6, 6.07) is 8.03. The number of carbonyl (C=O) groups excluding carboxylic acids is 2. The van der Waals surface area contributed by atoms with Gasteiger partial charge in [-0.05, 0) is 51.3 Å². The number of rotatable bonds is 8. The van der Waals surface area contributed by atoms with Crippen molar-refractivity contribution in [2.75, 3.05) is 25.5 Å². The van der Waals surface area contributed by atoms with E-state index in [0.717, 1.165) is 18.5 Å². The van der Waals surface area contributed by atoms with Gasteiger partial charge in [-0.15, -0.1) is 0 Å². The number of hydrogen-bond donors (Lipinski definition) is 2. The molecule has 0 saturated carbocycles. The molecule has 0 aliphatic heterocycles. The molecule has 2 N–H and O–H groups in total. The fourth-order valence-corrected chi connectivity index (χ4v) is 2.01. The Bertz CT molecular complexity index is 521. The second-order valence-corrected chi connectivity index (χ2v) is 6.48. The van der Waals surface area contributed by atoms with Gasteiger partial charge < -0.3 is 20.1 Å². The number of ether oxygens (including phenoxy) is 2. The Morgan fingerprint density at radius 1 is 1.08 bits per heavy atom. The van der Waals surface area contributed by atoms with Crippen LogP contribution in [0.5, 0.6) is 0 Å². The summed E-state index contributed by atoms with van der Waals surface area (Å²) in [5.74, 6) is -0.175. The summed E-state index contributed by atoms with van der Waals surface area (Å²) in [6.07, 6.45) is 1.65. The molecule has 134 valence electrons. The van der Waals surface area contributed by atoms with Gasteiger partial charge in [0.1, 0.15) is 5.60 Å².